The molecule has 1 aliphatic rings. The first kappa shape index (κ1) is 24.4. The summed E-state index contributed by atoms with van der Waals surface area (Å²) in [6, 6.07) is 9.55. The Hall–Kier alpha value is -4.25. The first-order valence-electron chi connectivity index (χ1n) is 11.9. The van der Waals surface area contributed by atoms with Crippen LogP contribution in [0.3, 0.4) is 0 Å². The van der Waals surface area contributed by atoms with Crippen molar-refractivity contribution in [3.8, 4) is 11.4 Å². The van der Waals surface area contributed by atoms with Gasteiger partial charge in [0.1, 0.15) is 18.2 Å². The van der Waals surface area contributed by atoms with Gasteiger partial charge in [-0.25, -0.2) is 29.0 Å². The molecule has 4 heterocycles. The molecule has 3 aromatic heterocycles. The van der Waals surface area contributed by atoms with Crippen LogP contribution in [0.5, 0.6) is 5.75 Å². The number of anilines is 2. The lowest BCUT2D eigenvalue weighted by Gasteiger charge is -2.35. The minimum Gasteiger partial charge on any atom is -0.505 e. The van der Waals surface area contributed by atoms with E-state index in [2.05, 4.69) is 25.0 Å². The Bertz CT molecular complexity index is 1430. The van der Waals surface area contributed by atoms with Crippen molar-refractivity contribution in [1.82, 2.24) is 29.3 Å². The van der Waals surface area contributed by atoms with Gasteiger partial charge in [-0.05, 0) is 42.8 Å². The second kappa shape index (κ2) is 10.4. The molecule has 0 bridgehead atoms. The molecule has 1 fully saturated rings. The summed E-state index contributed by atoms with van der Waals surface area (Å²) in [7, 11) is 0. The molecule has 37 heavy (non-hydrogen) atoms. The van der Waals surface area contributed by atoms with Gasteiger partial charge in [0.25, 0.3) is 0 Å². The molecule has 12 heteroatoms. The summed E-state index contributed by atoms with van der Waals surface area (Å²) in [5, 5.41) is 14.2. The maximum atomic E-state index is 13.2. The highest BCUT2D eigenvalue weighted by molar-refractivity contribution is 6.30. The van der Waals surface area contributed by atoms with E-state index in [0.29, 0.717) is 41.7 Å². The number of ketones is 1. The van der Waals surface area contributed by atoms with Gasteiger partial charge < -0.3 is 14.9 Å². The highest BCUT2D eigenvalue weighted by atomic mass is 35.5. The number of benzene rings is 1. The van der Waals surface area contributed by atoms with Crippen LogP contribution in [0.25, 0.3) is 5.69 Å². The summed E-state index contributed by atoms with van der Waals surface area (Å²) in [5.74, 6) is 1.21. The monoisotopic (exact) mass is 520 g/mol. The molecule has 0 aliphatic carbocycles. The van der Waals surface area contributed by atoms with Crippen LogP contribution in [-0.2, 0) is 0 Å². The number of carbonyl (C=O) groups excluding carboxylic acids is 1. The Balaban J connectivity index is 1.28. The average molecular weight is 521 g/mol. The zero-order valence-electron chi connectivity index (χ0n) is 20.1. The smallest absolute Gasteiger partial charge is 0.351 e. The van der Waals surface area contributed by atoms with E-state index in [4.69, 9.17) is 11.6 Å². The van der Waals surface area contributed by atoms with Gasteiger partial charge >= 0.3 is 5.69 Å². The van der Waals surface area contributed by atoms with Crippen molar-refractivity contribution >= 4 is 29.2 Å². The van der Waals surface area contributed by atoms with Gasteiger partial charge in [0.15, 0.2) is 11.5 Å². The summed E-state index contributed by atoms with van der Waals surface area (Å²) in [6.07, 6.45) is 6.22. The van der Waals surface area contributed by atoms with Crippen LogP contribution in [0.2, 0.25) is 5.02 Å². The standard InChI is InChI=1S/C25H25ClN8O3/c1-2-21(23(36)17-3-5-18(26)6-4-17)34-25(37)33(16-30-34)19-7-8-22(27-13-19)31-9-11-32(12-10-31)24-28-14-20(35)15-29-24/h3-8,13-16,21,35H,2,9-12H2,1H3. The van der Waals surface area contributed by atoms with Gasteiger partial charge in [0.05, 0.1) is 24.3 Å². The average Bonchev–Trinajstić information content (AvgIpc) is 3.31. The quantitative estimate of drug-likeness (QED) is 0.366. The molecule has 4 aromatic rings. The van der Waals surface area contributed by atoms with E-state index in [1.54, 1.807) is 30.5 Å². The number of halogens is 1. The second-order valence-electron chi connectivity index (χ2n) is 8.61. The molecule has 0 spiro atoms. The Morgan fingerprint density at radius 3 is 2.27 bits per heavy atom. The van der Waals surface area contributed by atoms with Crippen LogP contribution < -0.4 is 15.5 Å². The van der Waals surface area contributed by atoms with Crippen LogP contribution in [0.15, 0.2) is 66.1 Å². The molecule has 1 N–H and O–H groups in total. The number of Topliss-reactive ketones (excluding diaryl/α,β-unsaturated/α-hetero) is 1. The number of hydrogen-bond donors (Lipinski definition) is 1. The van der Waals surface area contributed by atoms with Crippen molar-refractivity contribution in [3.63, 3.8) is 0 Å². The maximum absolute atomic E-state index is 13.2. The first-order valence-corrected chi connectivity index (χ1v) is 12.3. The third kappa shape index (κ3) is 5.03. The molecule has 0 radical (unpaired) electrons. The molecule has 1 atom stereocenters. The molecule has 1 aliphatic heterocycles. The number of nitrogens with zero attached hydrogens (tertiary/aromatic N) is 8. The summed E-state index contributed by atoms with van der Waals surface area (Å²) < 4.78 is 2.60. The summed E-state index contributed by atoms with van der Waals surface area (Å²) >= 11 is 5.93. The molecule has 1 unspecified atom stereocenters. The Kier molecular flexibility index (Phi) is 6.87. The molecule has 11 nitrogen and oxygen atoms in total. The summed E-state index contributed by atoms with van der Waals surface area (Å²) in [6.45, 7) is 4.70. The highest BCUT2D eigenvalue weighted by Crippen LogP contribution is 2.20. The van der Waals surface area contributed by atoms with Gasteiger partial charge in [-0.1, -0.05) is 18.5 Å². The molecular weight excluding hydrogens is 496 g/mol. The SMILES string of the molecule is CCC(C(=O)c1ccc(Cl)cc1)n1ncn(-c2ccc(N3CCN(c4ncc(O)cn4)CC3)nc2)c1=O. The van der Waals surface area contributed by atoms with Crippen LogP contribution in [-0.4, -0.2) is 66.4 Å². The highest BCUT2D eigenvalue weighted by Gasteiger charge is 2.25. The Morgan fingerprint density at radius 2 is 1.65 bits per heavy atom. The number of piperazine rings is 1. The van der Waals surface area contributed by atoms with Crippen LogP contribution in [0, 0.1) is 0 Å². The van der Waals surface area contributed by atoms with E-state index in [1.807, 2.05) is 24.0 Å². The van der Waals surface area contributed by atoms with Crippen LogP contribution >= 0.6 is 11.6 Å². The van der Waals surface area contributed by atoms with Crippen molar-refractivity contribution in [2.24, 2.45) is 0 Å². The third-order valence-corrected chi connectivity index (χ3v) is 6.58. The zero-order valence-corrected chi connectivity index (χ0v) is 20.9. The maximum Gasteiger partial charge on any atom is 0.351 e. The van der Waals surface area contributed by atoms with Gasteiger partial charge in [0, 0.05) is 36.8 Å². The molecule has 0 amide bonds. The predicted molar refractivity (Wildman–Crippen MR) is 139 cm³/mol. The van der Waals surface area contributed by atoms with Gasteiger partial charge in [-0.15, -0.1) is 0 Å². The van der Waals surface area contributed by atoms with E-state index in [1.165, 1.54) is 28.0 Å². The van der Waals surface area contributed by atoms with Gasteiger partial charge in [0.2, 0.25) is 5.95 Å². The molecule has 0 saturated carbocycles. The van der Waals surface area contributed by atoms with E-state index >= 15 is 0 Å². The number of pyridine rings is 1. The van der Waals surface area contributed by atoms with E-state index in [9.17, 15) is 14.7 Å². The topological polar surface area (TPSA) is 122 Å². The van der Waals surface area contributed by atoms with E-state index in [-0.39, 0.29) is 11.5 Å². The fraction of sp³-hybridized carbons (Fsp3) is 0.280. The van der Waals surface area contributed by atoms with Crippen LogP contribution in [0.1, 0.15) is 29.7 Å². The van der Waals surface area contributed by atoms with E-state index < -0.39 is 11.7 Å². The fourth-order valence-corrected chi connectivity index (χ4v) is 4.43. The van der Waals surface area contributed by atoms with Crippen molar-refractivity contribution in [3.05, 3.63) is 82.4 Å². The van der Waals surface area contributed by atoms with Crippen LogP contribution in [0.4, 0.5) is 11.8 Å². The van der Waals surface area contributed by atoms with E-state index in [0.717, 1.165) is 18.9 Å². The molecule has 190 valence electrons. The normalized spacial score (nSPS) is 14.5. The number of hydrogen-bond acceptors (Lipinski definition) is 9. The number of aromatic nitrogens is 6. The van der Waals surface area contributed by atoms with Gasteiger partial charge in [-0.3, -0.25) is 4.79 Å². The van der Waals surface area contributed by atoms with Gasteiger partial charge in [-0.2, -0.15) is 5.10 Å². The number of carbonyl (C=O) groups is 1. The lowest BCUT2D eigenvalue weighted by Crippen LogP contribution is -2.47. The molecular formula is C25H25ClN8O3. The molecule has 1 saturated heterocycles. The first-order chi connectivity index (χ1) is 17.9. The number of aromatic hydroxyl groups is 1. The lowest BCUT2D eigenvalue weighted by atomic mass is 10.0. The minimum atomic E-state index is -0.726. The zero-order chi connectivity index (χ0) is 25.9. The predicted octanol–water partition coefficient (Wildman–Crippen LogP) is 2.74. The summed E-state index contributed by atoms with van der Waals surface area (Å²) in [5.41, 5.74) is 0.622. The molecule has 5 rings (SSSR count). The van der Waals surface area contributed by atoms with Crippen molar-refractivity contribution in [1.29, 1.82) is 0 Å². The fourth-order valence-electron chi connectivity index (χ4n) is 4.30. The lowest BCUT2D eigenvalue weighted by molar-refractivity contribution is 0.0911. The summed E-state index contributed by atoms with van der Waals surface area (Å²) in [4.78, 5) is 43.3. The van der Waals surface area contributed by atoms with Crippen molar-refractivity contribution in [2.45, 2.75) is 19.4 Å². The van der Waals surface area contributed by atoms with Crippen molar-refractivity contribution < 1.29 is 9.90 Å². The Labute approximate surface area is 217 Å². The third-order valence-electron chi connectivity index (χ3n) is 6.33. The van der Waals surface area contributed by atoms with Crippen molar-refractivity contribution in [2.75, 3.05) is 36.0 Å². The minimum absolute atomic E-state index is 0.0368. The largest absolute Gasteiger partial charge is 0.505 e. The number of rotatable bonds is 7. The Morgan fingerprint density at radius 1 is 0.973 bits per heavy atom. The molecule has 1 aromatic carbocycles. The second-order valence-corrected chi connectivity index (χ2v) is 9.05.